The lowest BCUT2D eigenvalue weighted by molar-refractivity contribution is -0.141. The zero-order valence-corrected chi connectivity index (χ0v) is 13.4. The minimum atomic E-state index is -0.714. The quantitative estimate of drug-likeness (QED) is 0.799. The number of halogens is 3. The van der Waals surface area contributed by atoms with Crippen LogP contribution in [0.1, 0.15) is 11.6 Å². The molecule has 1 N–H and O–H groups in total. The maximum Gasteiger partial charge on any atom is 0.332 e. The van der Waals surface area contributed by atoms with Gasteiger partial charge < -0.3 is 10.1 Å². The zero-order valence-electron chi connectivity index (χ0n) is 11.1. The molecule has 0 amide bonds. The van der Waals surface area contributed by atoms with Gasteiger partial charge in [0.05, 0.1) is 12.1 Å². The van der Waals surface area contributed by atoms with Crippen molar-refractivity contribution in [1.29, 1.82) is 0 Å². The van der Waals surface area contributed by atoms with Crippen molar-refractivity contribution in [2.24, 2.45) is 0 Å². The van der Waals surface area contributed by atoms with Gasteiger partial charge in [0.1, 0.15) is 5.82 Å². The number of esters is 1. The van der Waals surface area contributed by atoms with Crippen LogP contribution in [0.4, 0.5) is 10.1 Å². The Morgan fingerprint density at radius 3 is 2.52 bits per heavy atom. The zero-order chi connectivity index (χ0) is 15.4. The third-order valence-electron chi connectivity index (χ3n) is 2.87. The molecular weight excluding hydrogens is 361 g/mol. The first-order chi connectivity index (χ1) is 10.0. The molecule has 0 saturated carbocycles. The van der Waals surface area contributed by atoms with E-state index in [-0.39, 0.29) is 5.82 Å². The molecular formula is C15H12BrClFNO2. The predicted molar refractivity (Wildman–Crippen MR) is 83.9 cm³/mol. The number of carbonyl (C=O) groups excluding carboxylic acids is 1. The second kappa shape index (κ2) is 6.91. The second-order valence-corrected chi connectivity index (χ2v) is 5.54. The number of methoxy groups -OCH3 is 1. The molecule has 0 aromatic heterocycles. The van der Waals surface area contributed by atoms with Gasteiger partial charge in [-0.3, -0.25) is 0 Å². The molecule has 0 fully saturated rings. The fourth-order valence-electron chi connectivity index (χ4n) is 1.80. The minimum absolute atomic E-state index is 0.343. The first-order valence-corrected chi connectivity index (χ1v) is 7.23. The van der Waals surface area contributed by atoms with Gasteiger partial charge in [-0.25, -0.2) is 9.18 Å². The Bertz CT molecular complexity index is 649. The predicted octanol–water partition coefficient (Wildman–Crippen LogP) is 4.57. The molecule has 0 bridgehead atoms. The van der Waals surface area contributed by atoms with E-state index in [9.17, 15) is 9.18 Å². The summed E-state index contributed by atoms with van der Waals surface area (Å²) < 4.78 is 18.4. The minimum Gasteiger partial charge on any atom is -0.467 e. The van der Waals surface area contributed by atoms with Crippen LogP contribution >= 0.6 is 27.5 Å². The van der Waals surface area contributed by atoms with Crippen LogP contribution in [0.15, 0.2) is 46.9 Å². The first kappa shape index (κ1) is 15.8. The summed E-state index contributed by atoms with van der Waals surface area (Å²) in [6, 6.07) is 10.2. The number of carbonyl (C=O) groups is 1. The van der Waals surface area contributed by atoms with Crippen molar-refractivity contribution in [1.82, 2.24) is 0 Å². The highest BCUT2D eigenvalue weighted by molar-refractivity contribution is 9.10. The Hall–Kier alpha value is -1.59. The fraction of sp³-hybridized carbons (Fsp3) is 0.133. The Kier molecular flexibility index (Phi) is 5.20. The van der Waals surface area contributed by atoms with Crippen molar-refractivity contribution in [3.8, 4) is 0 Å². The third-order valence-corrected chi connectivity index (χ3v) is 4.08. The van der Waals surface area contributed by atoms with Crippen molar-refractivity contribution < 1.29 is 13.9 Å². The Morgan fingerprint density at radius 2 is 1.95 bits per heavy atom. The van der Waals surface area contributed by atoms with Crippen LogP contribution in [0.25, 0.3) is 0 Å². The molecule has 0 aliphatic carbocycles. The summed E-state index contributed by atoms with van der Waals surface area (Å²) in [5, 5.41) is 3.56. The molecule has 21 heavy (non-hydrogen) atoms. The smallest absolute Gasteiger partial charge is 0.332 e. The molecule has 0 aliphatic heterocycles. The lowest BCUT2D eigenvalue weighted by Crippen LogP contribution is -2.22. The summed E-state index contributed by atoms with van der Waals surface area (Å²) in [4.78, 5) is 12.0. The number of benzene rings is 2. The molecule has 2 aromatic carbocycles. The summed E-state index contributed by atoms with van der Waals surface area (Å²) >= 11 is 9.27. The Labute approximate surface area is 135 Å². The molecule has 110 valence electrons. The van der Waals surface area contributed by atoms with E-state index in [4.69, 9.17) is 16.3 Å². The summed E-state index contributed by atoms with van der Waals surface area (Å²) in [7, 11) is 1.31. The molecule has 0 heterocycles. The lowest BCUT2D eigenvalue weighted by atomic mass is 10.1. The topological polar surface area (TPSA) is 38.3 Å². The summed E-state index contributed by atoms with van der Waals surface area (Å²) in [5.74, 6) is -0.794. The molecule has 3 nitrogen and oxygen atoms in total. The largest absolute Gasteiger partial charge is 0.467 e. The Balaban J connectivity index is 2.31. The van der Waals surface area contributed by atoms with Crippen LogP contribution in [0.5, 0.6) is 0 Å². The normalized spacial score (nSPS) is 11.8. The van der Waals surface area contributed by atoms with Crippen LogP contribution in [-0.4, -0.2) is 13.1 Å². The number of anilines is 1. The highest BCUT2D eigenvalue weighted by Crippen LogP contribution is 2.28. The molecule has 0 aliphatic rings. The van der Waals surface area contributed by atoms with Gasteiger partial charge in [0, 0.05) is 10.2 Å². The summed E-state index contributed by atoms with van der Waals surface area (Å²) in [6.45, 7) is 0. The van der Waals surface area contributed by atoms with Crippen molar-refractivity contribution >= 4 is 39.2 Å². The van der Waals surface area contributed by atoms with E-state index in [1.165, 1.54) is 19.2 Å². The maximum atomic E-state index is 12.9. The van der Waals surface area contributed by atoms with Crippen LogP contribution in [0.2, 0.25) is 5.02 Å². The van der Waals surface area contributed by atoms with Gasteiger partial charge in [-0.15, -0.1) is 0 Å². The van der Waals surface area contributed by atoms with Gasteiger partial charge in [-0.05, 0) is 57.9 Å². The van der Waals surface area contributed by atoms with E-state index in [1.54, 1.807) is 30.3 Å². The second-order valence-electron chi connectivity index (χ2n) is 4.28. The van der Waals surface area contributed by atoms with Gasteiger partial charge >= 0.3 is 5.97 Å². The van der Waals surface area contributed by atoms with E-state index in [0.717, 1.165) is 0 Å². The molecule has 1 unspecified atom stereocenters. The SMILES string of the molecule is COC(=O)C(Nc1ccc(F)cc1)c1ccc(Cl)c(Br)c1. The van der Waals surface area contributed by atoms with E-state index < -0.39 is 12.0 Å². The van der Waals surface area contributed by atoms with E-state index >= 15 is 0 Å². The van der Waals surface area contributed by atoms with Gasteiger partial charge in [-0.1, -0.05) is 17.7 Å². The monoisotopic (exact) mass is 371 g/mol. The molecule has 2 rings (SSSR count). The number of rotatable bonds is 4. The maximum absolute atomic E-state index is 12.9. The first-order valence-electron chi connectivity index (χ1n) is 6.06. The van der Waals surface area contributed by atoms with Gasteiger partial charge in [0.15, 0.2) is 6.04 Å². The number of ether oxygens (including phenoxy) is 1. The van der Waals surface area contributed by atoms with Crippen molar-refractivity contribution in [2.75, 3.05) is 12.4 Å². The van der Waals surface area contributed by atoms with Crippen molar-refractivity contribution in [2.45, 2.75) is 6.04 Å². The number of hydrogen-bond donors (Lipinski definition) is 1. The number of hydrogen-bond acceptors (Lipinski definition) is 3. The van der Waals surface area contributed by atoms with E-state index in [1.807, 2.05) is 0 Å². The summed E-state index contributed by atoms with van der Waals surface area (Å²) in [5.41, 5.74) is 1.29. The molecule has 1 atom stereocenters. The van der Waals surface area contributed by atoms with Crippen LogP contribution in [0, 0.1) is 5.82 Å². The molecule has 2 aromatic rings. The van der Waals surface area contributed by atoms with Crippen LogP contribution in [-0.2, 0) is 9.53 Å². The van der Waals surface area contributed by atoms with Gasteiger partial charge in [0.25, 0.3) is 0 Å². The van der Waals surface area contributed by atoms with E-state index in [2.05, 4.69) is 21.2 Å². The highest BCUT2D eigenvalue weighted by Gasteiger charge is 2.22. The number of nitrogens with one attached hydrogen (secondary N) is 1. The average Bonchev–Trinajstić information content (AvgIpc) is 2.49. The Morgan fingerprint density at radius 1 is 1.29 bits per heavy atom. The molecule has 0 radical (unpaired) electrons. The third kappa shape index (κ3) is 3.95. The molecule has 0 saturated heterocycles. The standard InChI is InChI=1S/C15H12BrClFNO2/c1-21-15(20)14(9-2-7-13(17)12(16)8-9)19-11-5-3-10(18)4-6-11/h2-8,14,19H,1H3. The molecule has 6 heteroatoms. The average molecular weight is 373 g/mol. The van der Waals surface area contributed by atoms with E-state index in [0.29, 0.717) is 20.7 Å². The summed E-state index contributed by atoms with van der Waals surface area (Å²) in [6.07, 6.45) is 0. The van der Waals surface area contributed by atoms with Gasteiger partial charge in [-0.2, -0.15) is 0 Å². The van der Waals surface area contributed by atoms with Crippen LogP contribution in [0.3, 0.4) is 0 Å². The molecule has 0 spiro atoms. The van der Waals surface area contributed by atoms with Crippen LogP contribution < -0.4 is 5.32 Å². The van der Waals surface area contributed by atoms with Gasteiger partial charge in [0.2, 0.25) is 0 Å². The lowest BCUT2D eigenvalue weighted by Gasteiger charge is -2.18. The highest BCUT2D eigenvalue weighted by atomic mass is 79.9. The van der Waals surface area contributed by atoms with Crippen molar-refractivity contribution in [3.63, 3.8) is 0 Å². The fourth-order valence-corrected chi connectivity index (χ4v) is 2.31. The van der Waals surface area contributed by atoms with Crippen molar-refractivity contribution in [3.05, 3.63) is 63.3 Å².